The first-order valence-electron chi connectivity index (χ1n) is 17.3. The fourth-order valence-electron chi connectivity index (χ4n) is 8.54. The summed E-state index contributed by atoms with van der Waals surface area (Å²) in [7, 11) is 0. The van der Waals surface area contributed by atoms with Gasteiger partial charge in [-0.3, -0.25) is 0 Å². The molecule has 1 aliphatic carbocycles. The van der Waals surface area contributed by atoms with Crippen molar-refractivity contribution in [1.29, 1.82) is 0 Å². The second-order valence-electron chi connectivity index (χ2n) is 14.1. The Morgan fingerprint density at radius 2 is 0.837 bits per heavy atom. The van der Waals surface area contributed by atoms with Gasteiger partial charge in [-0.1, -0.05) is 153 Å². The maximum Gasteiger partial charge on any atom is 0.0159 e. The Kier molecular flexibility index (Phi) is 6.02. The van der Waals surface area contributed by atoms with Crippen LogP contribution < -0.4 is 0 Å². The van der Waals surface area contributed by atoms with Crippen LogP contribution in [0, 0.1) is 0 Å². The smallest absolute Gasteiger partial charge is 0.0159 e. The molecule has 0 fully saturated rings. The average Bonchev–Trinajstić information content (AvgIpc) is 3.38. The summed E-state index contributed by atoms with van der Waals surface area (Å²) >= 11 is 0. The molecule has 0 atom stereocenters. The summed E-state index contributed by atoms with van der Waals surface area (Å²) in [6, 6.07) is 63.4. The predicted octanol–water partition coefficient (Wildman–Crippen LogP) is 13.6. The van der Waals surface area contributed by atoms with Gasteiger partial charge < -0.3 is 0 Å². The maximum absolute atomic E-state index is 2.53. The van der Waals surface area contributed by atoms with Crippen LogP contribution in [-0.4, -0.2) is 0 Å². The minimum absolute atomic E-state index is 0.101. The largest absolute Gasteiger partial charge is 0.0622 e. The fourth-order valence-corrected chi connectivity index (χ4v) is 8.54. The summed E-state index contributed by atoms with van der Waals surface area (Å²) in [5.74, 6) is 0. The average molecular weight is 623 g/mol. The van der Waals surface area contributed by atoms with Crippen LogP contribution in [0.5, 0.6) is 0 Å². The number of hydrogen-bond acceptors (Lipinski definition) is 0. The molecule has 0 spiro atoms. The van der Waals surface area contributed by atoms with Crippen LogP contribution in [-0.2, 0) is 5.41 Å². The summed E-state index contributed by atoms with van der Waals surface area (Å²) in [6.45, 7) is 4.77. The lowest BCUT2D eigenvalue weighted by Gasteiger charge is -2.24. The minimum Gasteiger partial charge on any atom is -0.0622 e. The molecule has 0 heteroatoms. The van der Waals surface area contributed by atoms with Gasteiger partial charge in [0.05, 0.1) is 0 Å². The summed E-state index contributed by atoms with van der Waals surface area (Å²) in [5, 5.41) is 10.2. The zero-order valence-electron chi connectivity index (χ0n) is 27.7. The van der Waals surface area contributed by atoms with E-state index in [1.54, 1.807) is 0 Å². The van der Waals surface area contributed by atoms with Crippen LogP contribution in [0.25, 0.3) is 87.6 Å². The Morgan fingerprint density at radius 1 is 0.306 bits per heavy atom. The van der Waals surface area contributed by atoms with Crippen molar-refractivity contribution in [2.45, 2.75) is 19.3 Å². The normalized spacial score (nSPS) is 13.3. The molecular weight excluding hydrogens is 589 g/mol. The van der Waals surface area contributed by atoms with Crippen molar-refractivity contribution in [1.82, 2.24) is 0 Å². The van der Waals surface area contributed by atoms with Crippen molar-refractivity contribution < 1.29 is 0 Å². The fraction of sp³-hybridized carbons (Fsp3) is 0.0612. The molecule has 9 aromatic carbocycles. The Labute approximate surface area is 286 Å². The van der Waals surface area contributed by atoms with E-state index in [-0.39, 0.29) is 5.41 Å². The third-order valence-corrected chi connectivity index (χ3v) is 11.0. The van der Waals surface area contributed by atoms with Gasteiger partial charge in [0, 0.05) is 5.41 Å². The molecule has 0 heterocycles. The molecule has 49 heavy (non-hydrogen) atoms. The van der Waals surface area contributed by atoms with Crippen molar-refractivity contribution in [2.75, 3.05) is 0 Å². The highest BCUT2D eigenvalue weighted by atomic mass is 14.4. The lowest BCUT2D eigenvalue weighted by molar-refractivity contribution is 0.661. The Bertz CT molecular complexity index is 2780. The topological polar surface area (TPSA) is 0 Å². The van der Waals surface area contributed by atoms with Crippen molar-refractivity contribution in [3.05, 3.63) is 181 Å². The molecule has 230 valence electrons. The first-order valence-corrected chi connectivity index (χ1v) is 17.3. The molecular formula is C49H34. The predicted molar refractivity (Wildman–Crippen MR) is 210 cm³/mol. The van der Waals surface area contributed by atoms with E-state index in [1.807, 2.05) is 0 Å². The molecule has 0 amide bonds. The summed E-state index contributed by atoms with van der Waals surface area (Å²) in [4.78, 5) is 0. The number of hydrogen-bond donors (Lipinski definition) is 0. The molecule has 0 aliphatic heterocycles. The van der Waals surface area contributed by atoms with Crippen molar-refractivity contribution >= 4 is 43.1 Å². The first-order chi connectivity index (χ1) is 24.0. The molecule has 0 N–H and O–H groups in total. The van der Waals surface area contributed by atoms with E-state index < -0.39 is 0 Å². The minimum atomic E-state index is -0.101. The Morgan fingerprint density at radius 3 is 1.53 bits per heavy atom. The quantitative estimate of drug-likeness (QED) is 0.172. The van der Waals surface area contributed by atoms with E-state index in [0.717, 1.165) is 0 Å². The van der Waals surface area contributed by atoms with E-state index >= 15 is 0 Å². The van der Waals surface area contributed by atoms with Crippen LogP contribution in [0.4, 0.5) is 0 Å². The summed E-state index contributed by atoms with van der Waals surface area (Å²) < 4.78 is 0. The van der Waals surface area contributed by atoms with E-state index in [0.29, 0.717) is 0 Å². The van der Waals surface area contributed by atoms with Crippen molar-refractivity contribution in [2.24, 2.45) is 0 Å². The zero-order chi connectivity index (χ0) is 32.7. The van der Waals surface area contributed by atoms with Gasteiger partial charge in [0.2, 0.25) is 0 Å². The molecule has 0 bridgehead atoms. The maximum atomic E-state index is 2.53. The molecule has 1 aliphatic rings. The molecule has 0 nitrogen and oxygen atoms in total. The molecule has 10 rings (SSSR count). The zero-order valence-corrected chi connectivity index (χ0v) is 27.7. The summed E-state index contributed by atoms with van der Waals surface area (Å²) in [5.41, 5.74) is 12.9. The van der Waals surface area contributed by atoms with Gasteiger partial charge in [-0.2, -0.15) is 0 Å². The highest BCUT2D eigenvalue weighted by Gasteiger charge is 2.36. The first kappa shape index (κ1) is 28.1. The third kappa shape index (κ3) is 4.24. The van der Waals surface area contributed by atoms with Crippen LogP contribution in [0.1, 0.15) is 25.0 Å². The molecule has 0 unspecified atom stereocenters. The lowest BCUT2D eigenvalue weighted by Crippen LogP contribution is -2.14. The van der Waals surface area contributed by atoms with Crippen LogP contribution in [0.2, 0.25) is 0 Å². The van der Waals surface area contributed by atoms with Crippen LogP contribution in [0.15, 0.2) is 170 Å². The summed E-state index contributed by atoms with van der Waals surface area (Å²) in [6.07, 6.45) is 0. The van der Waals surface area contributed by atoms with Crippen LogP contribution in [0.3, 0.4) is 0 Å². The molecule has 0 aromatic heterocycles. The Hall–Kier alpha value is -5.98. The Balaban J connectivity index is 1.40. The second kappa shape index (κ2) is 10.5. The van der Waals surface area contributed by atoms with Gasteiger partial charge in [0.25, 0.3) is 0 Å². The van der Waals surface area contributed by atoms with E-state index in [2.05, 4.69) is 184 Å². The van der Waals surface area contributed by atoms with Gasteiger partial charge in [0.15, 0.2) is 0 Å². The van der Waals surface area contributed by atoms with Gasteiger partial charge in [0.1, 0.15) is 0 Å². The molecule has 0 saturated heterocycles. The van der Waals surface area contributed by atoms with Gasteiger partial charge in [-0.05, 0) is 129 Å². The van der Waals surface area contributed by atoms with Crippen molar-refractivity contribution in [3.63, 3.8) is 0 Å². The van der Waals surface area contributed by atoms with Gasteiger partial charge in [-0.15, -0.1) is 0 Å². The molecule has 0 saturated carbocycles. The van der Waals surface area contributed by atoms with E-state index in [9.17, 15) is 0 Å². The van der Waals surface area contributed by atoms with E-state index in [4.69, 9.17) is 0 Å². The number of rotatable bonds is 3. The van der Waals surface area contributed by atoms with Crippen molar-refractivity contribution in [3.8, 4) is 44.5 Å². The van der Waals surface area contributed by atoms with E-state index in [1.165, 1.54) is 98.7 Å². The SMILES string of the molecule is CC1(C)c2ccccc2-c2cc3c(-c4ccc5ccccc5c4)c4cc(-c5ccccc5)ccc4c(-c4ccc5ccccc5c4)c3cc21. The molecule has 0 radical (unpaired) electrons. The second-order valence-corrected chi connectivity index (χ2v) is 14.1. The number of fused-ring (bicyclic) bond motifs is 7. The molecule has 9 aromatic rings. The number of benzene rings is 9. The highest BCUT2D eigenvalue weighted by Crippen LogP contribution is 2.53. The standard InChI is InChI=1S/C49H34/c1-49(2)45-19-11-10-18-39(45)41-29-43-44(30-46(41)49)47(37-22-20-32-14-6-8-16-34(32)26-37)40-25-24-36(31-12-4-3-5-13-31)28-42(40)48(43)38-23-21-33-15-7-9-17-35(33)27-38/h3-30H,1-2H3. The van der Waals surface area contributed by atoms with Gasteiger partial charge >= 0.3 is 0 Å². The monoisotopic (exact) mass is 622 g/mol. The highest BCUT2D eigenvalue weighted by molar-refractivity contribution is 6.23. The van der Waals surface area contributed by atoms with Crippen LogP contribution >= 0.6 is 0 Å². The third-order valence-electron chi connectivity index (χ3n) is 11.0. The van der Waals surface area contributed by atoms with Gasteiger partial charge in [-0.25, -0.2) is 0 Å². The lowest BCUT2D eigenvalue weighted by atomic mass is 9.79.